The predicted octanol–water partition coefficient (Wildman–Crippen LogP) is 4.15. The van der Waals surface area contributed by atoms with Gasteiger partial charge in [-0.15, -0.1) is 0 Å². The standard InChI is InChI=1S/C45H63F3N2O16/c1-54-8-9-55-10-11-56-12-13-57-14-15-58-16-17-59-18-19-60-20-21-61-22-23-62-24-25-63-26-27-64-28-29-65-44(53)66-33-36-32-39(42(51)49-36)34-6-7-35-31-41(50-43(52)38(35)30-34)37-4-2-3-5-40(37)45(46,47)48/h2-7,30-31,36,39H,8-29,32-33H2,1H3,(H,49,51)(H,50,52)/t36?,39-/m0/s1. The number of hydrogen-bond donors (Lipinski definition) is 2. The molecule has 2 atom stereocenters. The fraction of sp³-hybridized carbons (Fsp3) is 0.622. The molecule has 0 radical (unpaired) electrons. The van der Waals surface area contributed by atoms with E-state index in [2.05, 4.69) is 10.3 Å². The molecule has 66 heavy (non-hydrogen) atoms. The molecule has 3 aromatic rings. The molecule has 18 nitrogen and oxygen atoms in total. The quantitative estimate of drug-likeness (QED) is 0.0617. The first kappa shape index (κ1) is 54.3. The topological polar surface area (TPSA) is 199 Å². The van der Waals surface area contributed by atoms with Crippen molar-refractivity contribution in [3.8, 4) is 11.3 Å². The Labute approximate surface area is 381 Å². The smallest absolute Gasteiger partial charge is 0.432 e. The van der Waals surface area contributed by atoms with Crippen molar-refractivity contribution >= 4 is 22.8 Å². The molecular weight excluding hydrogens is 881 g/mol. The number of benzene rings is 2. The van der Waals surface area contributed by atoms with Crippen LogP contribution in [-0.2, 0) is 72.6 Å². The summed E-state index contributed by atoms with van der Waals surface area (Å²) in [5.41, 5.74) is -1.03. The van der Waals surface area contributed by atoms with Gasteiger partial charge in [-0.05, 0) is 35.6 Å². The van der Waals surface area contributed by atoms with Crippen LogP contribution in [0.2, 0.25) is 0 Å². The Morgan fingerprint density at radius 1 is 0.591 bits per heavy atom. The van der Waals surface area contributed by atoms with Crippen molar-refractivity contribution in [3.63, 3.8) is 0 Å². The van der Waals surface area contributed by atoms with Gasteiger partial charge in [-0.1, -0.05) is 30.3 Å². The summed E-state index contributed by atoms with van der Waals surface area (Å²) >= 11 is 0. The third-order valence-electron chi connectivity index (χ3n) is 9.61. The number of pyridine rings is 1. The number of hydrogen-bond acceptors (Lipinski definition) is 16. The van der Waals surface area contributed by atoms with Gasteiger partial charge in [0.2, 0.25) is 5.91 Å². The van der Waals surface area contributed by atoms with E-state index in [1.165, 1.54) is 24.3 Å². The summed E-state index contributed by atoms with van der Waals surface area (Å²) in [4.78, 5) is 40.5. The molecule has 4 rings (SSSR count). The van der Waals surface area contributed by atoms with E-state index >= 15 is 0 Å². The summed E-state index contributed by atoms with van der Waals surface area (Å²) in [6.45, 7) is 9.08. The zero-order chi connectivity index (χ0) is 47.1. The molecule has 0 saturated carbocycles. The number of amides is 1. The number of alkyl halides is 3. The van der Waals surface area contributed by atoms with Gasteiger partial charge in [0.15, 0.2) is 0 Å². The van der Waals surface area contributed by atoms with Crippen LogP contribution in [0.25, 0.3) is 22.0 Å². The second-order valence-corrected chi connectivity index (χ2v) is 14.4. The molecule has 370 valence electrons. The molecule has 0 bridgehead atoms. The van der Waals surface area contributed by atoms with Gasteiger partial charge < -0.3 is 71.9 Å². The average molecular weight is 945 g/mol. The number of nitrogens with one attached hydrogen (secondary N) is 2. The molecule has 0 aliphatic carbocycles. The van der Waals surface area contributed by atoms with Crippen molar-refractivity contribution in [3.05, 3.63) is 70.0 Å². The highest BCUT2D eigenvalue weighted by atomic mass is 19.4. The number of aromatic amines is 1. The second-order valence-electron chi connectivity index (χ2n) is 14.4. The van der Waals surface area contributed by atoms with E-state index in [1.54, 1.807) is 25.3 Å². The largest absolute Gasteiger partial charge is 0.508 e. The van der Waals surface area contributed by atoms with Gasteiger partial charge in [-0.3, -0.25) is 9.59 Å². The van der Waals surface area contributed by atoms with Gasteiger partial charge in [-0.2, -0.15) is 13.2 Å². The molecule has 2 heterocycles. The first-order valence-corrected chi connectivity index (χ1v) is 21.9. The molecule has 21 heteroatoms. The SMILES string of the molecule is COCCOCCOCCOCCOCCOCCOCCOCCOCCOCCOCCOC(=O)OCC1C[C@@H](c2ccc3cc(-c4ccccc4C(F)(F)F)[nH]c(=O)c3c2)C(=O)N1. The van der Waals surface area contributed by atoms with E-state index in [4.69, 9.17) is 61.6 Å². The molecule has 1 fully saturated rings. The summed E-state index contributed by atoms with van der Waals surface area (Å²) in [7, 11) is 1.63. The first-order valence-electron chi connectivity index (χ1n) is 21.9. The second kappa shape index (κ2) is 32.4. The zero-order valence-corrected chi connectivity index (χ0v) is 37.4. The number of halogens is 3. The maximum atomic E-state index is 13.6. The molecule has 2 aromatic carbocycles. The number of ether oxygens (including phenoxy) is 13. The normalized spacial score (nSPS) is 15.1. The van der Waals surface area contributed by atoms with E-state index in [1.807, 2.05) is 0 Å². The Kier molecular flexibility index (Phi) is 26.7. The zero-order valence-electron chi connectivity index (χ0n) is 37.4. The minimum atomic E-state index is -4.61. The van der Waals surface area contributed by atoms with Gasteiger partial charge >= 0.3 is 12.3 Å². The predicted molar refractivity (Wildman–Crippen MR) is 232 cm³/mol. The minimum Gasteiger partial charge on any atom is -0.432 e. The molecule has 1 unspecified atom stereocenters. The number of rotatable bonds is 37. The molecule has 1 saturated heterocycles. The number of H-pyrrole nitrogens is 1. The molecule has 1 aliphatic rings. The average Bonchev–Trinajstić information content (AvgIpc) is 3.69. The molecule has 2 N–H and O–H groups in total. The summed E-state index contributed by atoms with van der Waals surface area (Å²) < 4.78 is 110. The van der Waals surface area contributed by atoms with Gasteiger partial charge in [0, 0.05) is 23.8 Å². The summed E-state index contributed by atoms with van der Waals surface area (Å²) in [6.07, 6.45) is -5.24. The highest BCUT2D eigenvalue weighted by molar-refractivity contribution is 5.90. The maximum Gasteiger partial charge on any atom is 0.508 e. The lowest BCUT2D eigenvalue weighted by atomic mass is 9.93. The Hall–Kier alpha value is -4.26. The molecule has 1 aromatic heterocycles. The molecule has 0 spiro atoms. The summed E-state index contributed by atoms with van der Waals surface area (Å²) in [5.74, 6) is -0.950. The molecule has 1 amide bonds. The number of carbonyl (C=O) groups is 2. The lowest BCUT2D eigenvalue weighted by molar-refractivity contribution is -0.137. The van der Waals surface area contributed by atoms with Crippen LogP contribution in [-0.4, -0.2) is 182 Å². The van der Waals surface area contributed by atoms with Crippen molar-refractivity contribution in [2.45, 2.75) is 24.6 Å². The van der Waals surface area contributed by atoms with E-state index in [0.29, 0.717) is 136 Å². The lowest BCUT2D eigenvalue weighted by Crippen LogP contribution is -2.31. The number of aromatic nitrogens is 1. The van der Waals surface area contributed by atoms with Crippen LogP contribution < -0.4 is 10.9 Å². The van der Waals surface area contributed by atoms with Crippen LogP contribution >= 0.6 is 0 Å². The highest BCUT2D eigenvalue weighted by Crippen LogP contribution is 2.37. The fourth-order valence-electron chi connectivity index (χ4n) is 6.37. The number of fused-ring (bicyclic) bond motifs is 1. The summed E-state index contributed by atoms with van der Waals surface area (Å²) in [5, 5.41) is 3.42. The third-order valence-corrected chi connectivity index (χ3v) is 9.61. The van der Waals surface area contributed by atoms with Crippen molar-refractivity contribution in [2.24, 2.45) is 0 Å². The van der Waals surface area contributed by atoms with Crippen molar-refractivity contribution < 1.29 is 84.3 Å². The monoisotopic (exact) mass is 944 g/mol. The summed E-state index contributed by atoms with van der Waals surface area (Å²) in [6, 6.07) is 10.8. The van der Waals surface area contributed by atoms with Crippen LogP contribution in [0.5, 0.6) is 0 Å². The minimum absolute atomic E-state index is 0.0265. The van der Waals surface area contributed by atoms with Crippen LogP contribution in [0.3, 0.4) is 0 Å². The third kappa shape index (κ3) is 21.6. The maximum absolute atomic E-state index is 13.6. The molecular formula is C45H63F3N2O16. The lowest BCUT2D eigenvalue weighted by Gasteiger charge is -2.14. The van der Waals surface area contributed by atoms with Gasteiger partial charge in [0.05, 0.1) is 156 Å². The Morgan fingerprint density at radius 2 is 1.05 bits per heavy atom. The Bertz CT molecular complexity index is 1870. The Morgan fingerprint density at radius 3 is 1.52 bits per heavy atom. The number of methoxy groups -OCH3 is 1. The van der Waals surface area contributed by atoms with E-state index in [0.717, 1.165) is 6.07 Å². The van der Waals surface area contributed by atoms with Gasteiger partial charge in [0.1, 0.15) is 13.2 Å². The van der Waals surface area contributed by atoms with E-state index in [9.17, 15) is 27.6 Å². The van der Waals surface area contributed by atoms with E-state index < -0.39 is 35.4 Å². The number of carbonyl (C=O) groups excluding carboxylic acids is 2. The van der Waals surface area contributed by atoms with Crippen molar-refractivity contribution in [1.29, 1.82) is 0 Å². The van der Waals surface area contributed by atoms with Crippen LogP contribution in [0.4, 0.5) is 18.0 Å². The first-order chi connectivity index (χ1) is 32.2. The fourth-order valence-corrected chi connectivity index (χ4v) is 6.37. The highest BCUT2D eigenvalue weighted by Gasteiger charge is 2.35. The Balaban J connectivity index is 0.894. The van der Waals surface area contributed by atoms with Crippen LogP contribution in [0.15, 0.2) is 53.3 Å². The van der Waals surface area contributed by atoms with Crippen molar-refractivity contribution in [2.75, 3.05) is 159 Å². The molecule has 1 aliphatic heterocycles. The van der Waals surface area contributed by atoms with Gasteiger partial charge in [0.25, 0.3) is 5.56 Å². The van der Waals surface area contributed by atoms with Crippen LogP contribution in [0, 0.1) is 0 Å². The van der Waals surface area contributed by atoms with E-state index in [-0.39, 0.29) is 55.4 Å². The van der Waals surface area contributed by atoms with Gasteiger partial charge in [-0.25, -0.2) is 4.79 Å². The van der Waals surface area contributed by atoms with Crippen molar-refractivity contribution in [1.82, 2.24) is 10.3 Å². The van der Waals surface area contributed by atoms with Crippen LogP contribution in [0.1, 0.15) is 23.5 Å².